The predicted molar refractivity (Wildman–Crippen MR) is 112 cm³/mol. The molecule has 1 unspecified atom stereocenters. The molecule has 0 aliphatic heterocycles. The van der Waals surface area contributed by atoms with Crippen molar-refractivity contribution in [3.8, 4) is 11.1 Å². The summed E-state index contributed by atoms with van der Waals surface area (Å²) in [4.78, 5) is 9.78. The minimum atomic E-state index is -2.62. The monoisotopic (exact) mass is 532 g/mol. The molecule has 0 fully saturated rings. The number of benzene rings is 2. The molecule has 13 heteroatoms. The topological polar surface area (TPSA) is 69.1 Å². The van der Waals surface area contributed by atoms with Crippen LogP contribution in [0.1, 0.15) is 38.5 Å². The van der Waals surface area contributed by atoms with Gasteiger partial charge in [0.15, 0.2) is 46.5 Å². The van der Waals surface area contributed by atoms with Gasteiger partial charge >= 0.3 is 0 Å². The van der Waals surface area contributed by atoms with Crippen molar-refractivity contribution < 1.29 is 44.3 Å². The lowest BCUT2D eigenvalue weighted by Crippen LogP contribution is -2.13. The Hall–Kier alpha value is -2.41. The SMILES string of the molecule is NCCCCC(CCCC(N)=O)CSc1c(F)c(F)c(-c2c(F)c(F)c(F)c(F)c2F)c(F)c1F. The van der Waals surface area contributed by atoms with E-state index in [2.05, 4.69) is 0 Å². The number of carbonyl (C=O) groups excluding carboxylic acids is 1. The zero-order valence-electron chi connectivity index (χ0n) is 18.1. The molecule has 0 saturated heterocycles. The van der Waals surface area contributed by atoms with Gasteiger partial charge in [-0.2, -0.15) is 0 Å². The smallest absolute Gasteiger partial charge is 0.217 e. The summed E-state index contributed by atoms with van der Waals surface area (Å²) in [6.45, 7) is 0.389. The third-order valence-corrected chi connectivity index (χ3v) is 6.53. The van der Waals surface area contributed by atoms with Gasteiger partial charge in [0.1, 0.15) is 0 Å². The number of unbranched alkanes of at least 4 members (excludes halogenated alkanes) is 1. The van der Waals surface area contributed by atoms with Crippen LogP contribution < -0.4 is 11.5 Å². The summed E-state index contributed by atoms with van der Waals surface area (Å²) in [6.07, 6.45) is 2.60. The van der Waals surface area contributed by atoms with Crippen LogP contribution in [0.15, 0.2) is 4.90 Å². The van der Waals surface area contributed by atoms with E-state index >= 15 is 0 Å². The van der Waals surface area contributed by atoms with Gasteiger partial charge in [0.2, 0.25) is 11.7 Å². The zero-order chi connectivity index (χ0) is 26.4. The molecule has 0 heterocycles. The van der Waals surface area contributed by atoms with Gasteiger partial charge in [-0.25, -0.2) is 39.5 Å². The van der Waals surface area contributed by atoms with Crippen molar-refractivity contribution in [3.63, 3.8) is 0 Å². The van der Waals surface area contributed by atoms with Crippen molar-refractivity contribution in [1.29, 1.82) is 0 Å². The molecule has 0 aliphatic rings. The molecule has 2 aromatic carbocycles. The Morgan fingerprint density at radius 3 is 1.54 bits per heavy atom. The molecule has 0 bridgehead atoms. The number of carbonyl (C=O) groups is 1. The molecule has 0 saturated carbocycles. The van der Waals surface area contributed by atoms with E-state index in [9.17, 15) is 44.3 Å². The second-order valence-electron chi connectivity index (χ2n) is 7.72. The summed E-state index contributed by atoms with van der Waals surface area (Å²) < 4.78 is 127. The summed E-state index contributed by atoms with van der Waals surface area (Å²) in [7, 11) is 0. The van der Waals surface area contributed by atoms with E-state index in [0.717, 1.165) is 0 Å². The highest BCUT2D eigenvalue weighted by Gasteiger charge is 2.34. The lowest BCUT2D eigenvalue weighted by molar-refractivity contribution is -0.118. The maximum Gasteiger partial charge on any atom is 0.217 e. The molecular weight excluding hydrogens is 511 g/mol. The molecule has 0 aliphatic carbocycles. The van der Waals surface area contributed by atoms with Gasteiger partial charge in [-0.3, -0.25) is 4.79 Å². The van der Waals surface area contributed by atoms with Crippen LogP contribution in [0, 0.1) is 58.3 Å². The van der Waals surface area contributed by atoms with Crippen LogP contribution in [0.4, 0.5) is 39.5 Å². The normalized spacial score (nSPS) is 12.3. The third-order valence-electron chi connectivity index (χ3n) is 5.25. The number of hydrogen-bond acceptors (Lipinski definition) is 3. The summed E-state index contributed by atoms with van der Waals surface area (Å²) in [6, 6.07) is 0. The lowest BCUT2D eigenvalue weighted by atomic mass is 9.97. The molecule has 194 valence electrons. The number of nitrogens with two attached hydrogens (primary N) is 2. The Balaban J connectivity index is 2.43. The van der Waals surface area contributed by atoms with E-state index in [-0.39, 0.29) is 18.1 Å². The summed E-state index contributed by atoms with van der Waals surface area (Å²) in [5.41, 5.74) is 6.33. The Kier molecular flexibility index (Phi) is 10.3. The maximum atomic E-state index is 14.7. The van der Waals surface area contributed by atoms with Crippen molar-refractivity contribution in [2.45, 2.75) is 43.4 Å². The fourth-order valence-corrected chi connectivity index (χ4v) is 4.61. The highest BCUT2D eigenvalue weighted by Crippen LogP contribution is 2.40. The van der Waals surface area contributed by atoms with E-state index in [1.165, 1.54) is 0 Å². The second-order valence-corrected chi connectivity index (χ2v) is 8.76. The Bertz CT molecular complexity index is 1040. The van der Waals surface area contributed by atoms with Gasteiger partial charge in [0, 0.05) is 12.2 Å². The zero-order valence-corrected chi connectivity index (χ0v) is 18.9. The minimum absolute atomic E-state index is 0.0562. The lowest BCUT2D eigenvalue weighted by Gasteiger charge is -2.18. The van der Waals surface area contributed by atoms with Crippen LogP contribution in [0.3, 0.4) is 0 Å². The van der Waals surface area contributed by atoms with E-state index < -0.39 is 74.3 Å². The molecular formula is C22H21F9N2OS. The standard InChI is InChI=1S/C22H21F9N2OS/c23-13-11(14(24)18(28)19(29)17(13)27)12-15(25)20(30)22(21(31)16(12)26)35-8-9(4-1-2-7-32)5-3-6-10(33)34/h9H,1-8,32H2,(H2,33,34). The number of thioether (sulfide) groups is 1. The molecule has 3 nitrogen and oxygen atoms in total. The summed E-state index contributed by atoms with van der Waals surface area (Å²) in [5, 5.41) is 0. The fraction of sp³-hybridized carbons (Fsp3) is 0.409. The molecule has 2 rings (SSSR count). The van der Waals surface area contributed by atoms with Gasteiger partial charge in [0.05, 0.1) is 16.0 Å². The molecule has 1 amide bonds. The van der Waals surface area contributed by atoms with Crippen molar-refractivity contribution in [2.24, 2.45) is 17.4 Å². The van der Waals surface area contributed by atoms with E-state index in [4.69, 9.17) is 11.5 Å². The highest BCUT2D eigenvalue weighted by atomic mass is 32.2. The van der Waals surface area contributed by atoms with Crippen LogP contribution in [0.2, 0.25) is 0 Å². The fourth-order valence-electron chi connectivity index (χ4n) is 3.44. The van der Waals surface area contributed by atoms with Gasteiger partial charge < -0.3 is 11.5 Å². The number of primary amides is 1. The average Bonchev–Trinajstić information content (AvgIpc) is 2.81. The van der Waals surface area contributed by atoms with Crippen LogP contribution in [-0.2, 0) is 4.79 Å². The molecule has 0 radical (unpaired) electrons. The van der Waals surface area contributed by atoms with Crippen molar-refractivity contribution in [3.05, 3.63) is 52.4 Å². The summed E-state index contributed by atoms with van der Waals surface area (Å²) >= 11 is 0.375. The maximum absolute atomic E-state index is 14.7. The third kappa shape index (κ3) is 6.43. The highest BCUT2D eigenvalue weighted by molar-refractivity contribution is 7.99. The van der Waals surface area contributed by atoms with Gasteiger partial charge in [-0.1, -0.05) is 6.42 Å². The largest absolute Gasteiger partial charge is 0.370 e. The molecule has 1 atom stereocenters. The first-order valence-electron chi connectivity index (χ1n) is 10.4. The van der Waals surface area contributed by atoms with Gasteiger partial charge in [-0.05, 0) is 38.1 Å². The Morgan fingerprint density at radius 2 is 1.09 bits per heavy atom. The second kappa shape index (κ2) is 12.5. The molecule has 2 aromatic rings. The molecule has 0 aromatic heterocycles. The summed E-state index contributed by atoms with van der Waals surface area (Å²) in [5.74, 6) is -22.6. The van der Waals surface area contributed by atoms with E-state index in [0.29, 0.717) is 50.4 Å². The quantitative estimate of drug-likeness (QED) is 0.114. The van der Waals surface area contributed by atoms with Crippen molar-refractivity contribution in [1.82, 2.24) is 0 Å². The first kappa shape index (κ1) is 28.8. The van der Waals surface area contributed by atoms with Crippen molar-refractivity contribution in [2.75, 3.05) is 12.3 Å². The average molecular weight is 532 g/mol. The number of halogens is 9. The Morgan fingerprint density at radius 1 is 0.657 bits per heavy atom. The number of hydrogen-bond donors (Lipinski definition) is 2. The number of amides is 1. The number of rotatable bonds is 12. The van der Waals surface area contributed by atoms with E-state index in [1.54, 1.807) is 0 Å². The van der Waals surface area contributed by atoms with Crippen LogP contribution in [0.25, 0.3) is 11.1 Å². The predicted octanol–water partition coefficient (Wildman–Crippen LogP) is 6.10. The molecule has 0 spiro atoms. The first-order valence-corrected chi connectivity index (χ1v) is 11.4. The van der Waals surface area contributed by atoms with Gasteiger partial charge in [-0.15, -0.1) is 11.8 Å². The minimum Gasteiger partial charge on any atom is -0.370 e. The van der Waals surface area contributed by atoms with Gasteiger partial charge in [0.25, 0.3) is 0 Å². The van der Waals surface area contributed by atoms with Crippen LogP contribution in [-0.4, -0.2) is 18.2 Å². The van der Waals surface area contributed by atoms with Crippen LogP contribution >= 0.6 is 11.8 Å². The van der Waals surface area contributed by atoms with E-state index in [1.807, 2.05) is 0 Å². The van der Waals surface area contributed by atoms with Crippen LogP contribution in [0.5, 0.6) is 0 Å². The molecule has 35 heavy (non-hydrogen) atoms. The Labute approximate surface area is 199 Å². The van der Waals surface area contributed by atoms with Crippen molar-refractivity contribution >= 4 is 17.7 Å². The molecule has 4 N–H and O–H groups in total. The first-order chi connectivity index (χ1) is 16.4.